The maximum atomic E-state index is 6.55. The van der Waals surface area contributed by atoms with E-state index in [1.165, 1.54) is 27.8 Å². The Morgan fingerprint density at radius 1 is 0.857 bits per heavy atom. The van der Waals surface area contributed by atoms with Crippen LogP contribution in [0.5, 0.6) is 0 Å². The standard InChI is InChI=1S/C25H22N2O/c1-2-6-20(7-3-1)21-10-12-23(13-11-21)25(18-27-16-15-26-19-27)24-9-5-4-8-22(24)14-17-28-25/h1-13,15-16,19H,14,17-18H2. The van der Waals surface area contributed by atoms with Crippen LogP contribution in [0.2, 0.25) is 0 Å². The fourth-order valence-electron chi connectivity index (χ4n) is 4.21. The summed E-state index contributed by atoms with van der Waals surface area (Å²) in [6.45, 7) is 1.42. The summed E-state index contributed by atoms with van der Waals surface area (Å²) in [5.74, 6) is 0. The first-order valence-electron chi connectivity index (χ1n) is 9.69. The molecular formula is C25H22N2O. The highest BCUT2D eigenvalue weighted by Gasteiger charge is 2.40. The fourth-order valence-corrected chi connectivity index (χ4v) is 4.21. The van der Waals surface area contributed by atoms with Gasteiger partial charge in [0.05, 0.1) is 19.5 Å². The smallest absolute Gasteiger partial charge is 0.136 e. The monoisotopic (exact) mass is 366 g/mol. The van der Waals surface area contributed by atoms with Crippen LogP contribution in [0.4, 0.5) is 0 Å². The van der Waals surface area contributed by atoms with Gasteiger partial charge in [0.1, 0.15) is 5.60 Å². The maximum absolute atomic E-state index is 6.55. The number of imidazole rings is 1. The van der Waals surface area contributed by atoms with Gasteiger partial charge in [-0.15, -0.1) is 0 Å². The number of nitrogens with zero attached hydrogens (tertiary/aromatic N) is 2. The SMILES string of the molecule is c1ccc(-c2ccc(C3(Cn4ccnc4)OCCc4ccccc43)cc2)cc1. The van der Waals surface area contributed by atoms with Crippen molar-refractivity contribution in [1.82, 2.24) is 9.55 Å². The third kappa shape index (κ3) is 2.94. The molecule has 0 aliphatic carbocycles. The quantitative estimate of drug-likeness (QED) is 0.504. The topological polar surface area (TPSA) is 27.1 Å². The highest BCUT2D eigenvalue weighted by Crippen LogP contribution is 2.41. The van der Waals surface area contributed by atoms with Crippen LogP contribution in [0.15, 0.2) is 97.6 Å². The van der Waals surface area contributed by atoms with Crippen LogP contribution in [-0.4, -0.2) is 16.2 Å². The molecule has 0 amide bonds. The molecule has 3 nitrogen and oxygen atoms in total. The molecule has 138 valence electrons. The molecule has 1 aliphatic rings. The second-order valence-electron chi connectivity index (χ2n) is 7.26. The Bertz CT molecular complexity index is 1060. The van der Waals surface area contributed by atoms with Crippen molar-refractivity contribution in [3.63, 3.8) is 0 Å². The molecule has 1 unspecified atom stereocenters. The molecule has 0 radical (unpaired) electrons. The van der Waals surface area contributed by atoms with Gasteiger partial charge < -0.3 is 9.30 Å². The summed E-state index contributed by atoms with van der Waals surface area (Å²) in [6.07, 6.45) is 6.63. The molecule has 1 aromatic heterocycles. The third-order valence-electron chi connectivity index (χ3n) is 5.60. The predicted molar refractivity (Wildman–Crippen MR) is 111 cm³/mol. The van der Waals surface area contributed by atoms with Gasteiger partial charge in [-0.25, -0.2) is 4.98 Å². The van der Waals surface area contributed by atoms with Gasteiger partial charge >= 0.3 is 0 Å². The zero-order valence-electron chi connectivity index (χ0n) is 15.7. The molecule has 4 aromatic rings. The molecule has 0 N–H and O–H groups in total. The van der Waals surface area contributed by atoms with Crippen LogP contribution in [0.25, 0.3) is 11.1 Å². The fraction of sp³-hybridized carbons (Fsp3) is 0.160. The number of hydrogen-bond acceptors (Lipinski definition) is 2. The van der Waals surface area contributed by atoms with E-state index in [1.54, 1.807) is 0 Å². The van der Waals surface area contributed by atoms with E-state index in [1.807, 2.05) is 24.8 Å². The minimum Gasteiger partial charge on any atom is -0.363 e. The maximum Gasteiger partial charge on any atom is 0.136 e. The summed E-state index contributed by atoms with van der Waals surface area (Å²) >= 11 is 0. The lowest BCUT2D eigenvalue weighted by molar-refractivity contribution is -0.0407. The highest BCUT2D eigenvalue weighted by atomic mass is 16.5. The van der Waals surface area contributed by atoms with Crippen molar-refractivity contribution in [2.24, 2.45) is 0 Å². The van der Waals surface area contributed by atoms with Crippen molar-refractivity contribution in [2.45, 2.75) is 18.6 Å². The van der Waals surface area contributed by atoms with E-state index in [-0.39, 0.29) is 0 Å². The van der Waals surface area contributed by atoms with Crippen molar-refractivity contribution < 1.29 is 4.74 Å². The second kappa shape index (κ2) is 7.10. The molecule has 0 spiro atoms. The zero-order chi connectivity index (χ0) is 18.8. The van der Waals surface area contributed by atoms with E-state index in [0.29, 0.717) is 13.2 Å². The molecule has 28 heavy (non-hydrogen) atoms. The second-order valence-corrected chi connectivity index (χ2v) is 7.26. The van der Waals surface area contributed by atoms with E-state index in [4.69, 9.17) is 4.74 Å². The number of rotatable bonds is 4. The first kappa shape index (κ1) is 17.0. The predicted octanol–water partition coefficient (Wildman–Crippen LogP) is 5.07. The Balaban J connectivity index is 1.62. The normalized spacial score (nSPS) is 18.6. The minimum atomic E-state index is -0.509. The number of ether oxygens (including phenoxy) is 1. The van der Waals surface area contributed by atoms with Gasteiger partial charge in [-0.2, -0.15) is 0 Å². The number of fused-ring (bicyclic) bond motifs is 1. The Labute approximate surface area is 165 Å². The Kier molecular flexibility index (Phi) is 4.30. The van der Waals surface area contributed by atoms with Gasteiger partial charge in [0.25, 0.3) is 0 Å². The molecule has 5 rings (SSSR count). The van der Waals surface area contributed by atoms with Gasteiger partial charge in [-0.3, -0.25) is 0 Å². The Morgan fingerprint density at radius 2 is 1.61 bits per heavy atom. The van der Waals surface area contributed by atoms with E-state index in [0.717, 1.165) is 6.42 Å². The molecule has 0 saturated heterocycles. The average molecular weight is 366 g/mol. The summed E-state index contributed by atoms with van der Waals surface area (Å²) < 4.78 is 8.65. The van der Waals surface area contributed by atoms with Crippen molar-refractivity contribution >= 4 is 0 Å². The Morgan fingerprint density at radius 3 is 2.39 bits per heavy atom. The lowest BCUT2D eigenvalue weighted by Crippen LogP contribution is -2.40. The van der Waals surface area contributed by atoms with Gasteiger partial charge in [-0.05, 0) is 34.2 Å². The van der Waals surface area contributed by atoms with Gasteiger partial charge in [-0.1, -0.05) is 78.9 Å². The number of benzene rings is 3. The Hall–Kier alpha value is -3.17. The molecule has 0 saturated carbocycles. The minimum absolute atomic E-state index is 0.509. The van der Waals surface area contributed by atoms with E-state index in [9.17, 15) is 0 Å². The number of hydrogen-bond donors (Lipinski definition) is 0. The summed E-state index contributed by atoms with van der Waals surface area (Å²) in [4.78, 5) is 4.23. The van der Waals surface area contributed by atoms with Gasteiger partial charge in [0.2, 0.25) is 0 Å². The molecule has 3 heteroatoms. The van der Waals surface area contributed by atoms with Gasteiger partial charge in [0, 0.05) is 12.4 Å². The van der Waals surface area contributed by atoms with Crippen LogP contribution in [-0.2, 0) is 23.3 Å². The molecule has 0 fully saturated rings. The van der Waals surface area contributed by atoms with Crippen molar-refractivity contribution in [2.75, 3.05) is 6.61 Å². The van der Waals surface area contributed by atoms with Crippen LogP contribution in [0, 0.1) is 0 Å². The molecule has 3 aromatic carbocycles. The largest absolute Gasteiger partial charge is 0.363 e. The first-order chi connectivity index (χ1) is 13.9. The average Bonchev–Trinajstić information content (AvgIpc) is 3.28. The molecule has 2 heterocycles. The molecular weight excluding hydrogens is 344 g/mol. The van der Waals surface area contributed by atoms with Crippen molar-refractivity contribution in [1.29, 1.82) is 0 Å². The lowest BCUT2D eigenvalue weighted by Gasteiger charge is -2.40. The van der Waals surface area contributed by atoms with Gasteiger partial charge in [0.15, 0.2) is 0 Å². The highest BCUT2D eigenvalue weighted by molar-refractivity contribution is 5.64. The summed E-state index contributed by atoms with van der Waals surface area (Å²) in [5.41, 5.74) is 5.72. The summed E-state index contributed by atoms with van der Waals surface area (Å²) in [7, 11) is 0. The summed E-state index contributed by atoms with van der Waals surface area (Å²) in [5, 5.41) is 0. The van der Waals surface area contributed by atoms with Crippen LogP contribution < -0.4 is 0 Å². The molecule has 1 aliphatic heterocycles. The van der Waals surface area contributed by atoms with E-state index in [2.05, 4.69) is 82.3 Å². The zero-order valence-corrected chi connectivity index (χ0v) is 15.7. The molecule has 1 atom stereocenters. The summed E-state index contributed by atoms with van der Waals surface area (Å²) in [6, 6.07) is 27.9. The third-order valence-corrected chi connectivity index (χ3v) is 5.60. The van der Waals surface area contributed by atoms with Crippen molar-refractivity contribution in [3.8, 4) is 11.1 Å². The van der Waals surface area contributed by atoms with Crippen molar-refractivity contribution in [3.05, 3.63) is 114 Å². The van der Waals surface area contributed by atoms with E-state index < -0.39 is 5.60 Å². The first-order valence-corrected chi connectivity index (χ1v) is 9.69. The van der Waals surface area contributed by atoms with Crippen LogP contribution >= 0.6 is 0 Å². The lowest BCUT2D eigenvalue weighted by atomic mass is 9.80. The van der Waals surface area contributed by atoms with Crippen LogP contribution in [0.3, 0.4) is 0 Å². The number of aromatic nitrogens is 2. The molecule has 0 bridgehead atoms. The van der Waals surface area contributed by atoms with Crippen LogP contribution in [0.1, 0.15) is 16.7 Å². The van der Waals surface area contributed by atoms with E-state index >= 15 is 0 Å².